The summed E-state index contributed by atoms with van der Waals surface area (Å²) >= 11 is 0. The number of nitriles is 1. The molecule has 1 aliphatic heterocycles. The van der Waals surface area contributed by atoms with E-state index in [4.69, 9.17) is 29.5 Å². The monoisotopic (exact) mass is 803 g/mol. The van der Waals surface area contributed by atoms with Crippen LogP contribution in [-0.2, 0) is 35.3 Å². The molecular weight excluding hydrogens is 740 g/mol. The number of phosphoric ester groups is 1. The quantitative estimate of drug-likeness (QED) is 0.0405. The Balaban J connectivity index is 1.19. The number of hydrogen-bond donors (Lipinski definition) is 4. The molecule has 0 radical (unpaired) electrons. The third-order valence-corrected chi connectivity index (χ3v) is 11.7. The van der Waals surface area contributed by atoms with E-state index in [2.05, 4.69) is 17.0 Å². The Morgan fingerprint density at radius 3 is 2.16 bits per heavy atom. The number of hydrogen-bond acceptors (Lipinski definition) is 11. The Labute approximate surface area is 331 Å². The van der Waals surface area contributed by atoms with Gasteiger partial charge in [0.1, 0.15) is 47.6 Å². The lowest BCUT2D eigenvalue weighted by atomic mass is 9.93. The van der Waals surface area contributed by atoms with Crippen LogP contribution in [0.15, 0.2) is 36.7 Å². The van der Waals surface area contributed by atoms with E-state index in [1.807, 2.05) is 0 Å². The van der Waals surface area contributed by atoms with E-state index >= 15 is 0 Å². The summed E-state index contributed by atoms with van der Waals surface area (Å²) in [5.74, 6) is -0.430. The number of anilines is 1. The van der Waals surface area contributed by atoms with Crippen LogP contribution in [0.4, 0.5) is 10.2 Å². The zero-order chi connectivity index (χ0) is 40.4. The number of benzene rings is 1. The minimum Gasteiger partial charge on any atom is -0.387 e. The van der Waals surface area contributed by atoms with Gasteiger partial charge in [0.2, 0.25) is 0 Å². The van der Waals surface area contributed by atoms with Crippen LogP contribution < -0.4 is 5.73 Å². The van der Waals surface area contributed by atoms with Crippen molar-refractivity contribution in [2.75, 3.05) is 18.9 Å². The molecule has 312 valence electrons. The molecule has 3 aromatic rings. The first-order valence-electron chi connectivity index (χ1n) is 20.5. The normalized spacial score (nSPS) is 21.3. The molecule has 5 N–H and O–H groups in total. The molecule has 0 saturated carbocycles. The number of aliphatic hydroxyl groups excluding tert-OH is 2. The van der Waals surface area contributed by atoms with Gasteiger partial charge in [-0.15, -0.1) is 0 Å². The van der Waals surface area contributed by atoms with Crippen molar-refractivity contribution in [1.29, 1.82) is 5.26 Å². The molecule has 1 unspecified atom stereocenters. The molecule has 1 fully saturated rings. The first-order chi connectivity index (χ1) is 27.0. The largest absolute Gasteiger partial charge is 0.472 e. The Morgan fingerprint density at radius 1 is 0.964 bits per heavy atom. The number of phosphoric acid groups is 1. The molecule has 6 atom stereocenters. The first kappa shape index (κ1) is 45.7. The van der Waals surface area contributed by atoms with Crippen molar-refractivity contribution >= 4 is 19.2 Å². The van der Waals surface area contributed by atoms with Gasteiger partial charge in [-0.05, 0) is 43.2 Å². The molecule has 0 amide bonds. The molecule has 0 bridgehead atoms. The summed E-state index contributed by atoms with van der Waals surface area (Å²) < 4.78 is 51.4. The van der Waals surface area contributed by atoms with Gasteiger partial charge < -0.3 is 30.3 Å². The van der Waals surface area contributed by atoms with Crippen molar-refractivity contribution in [3.05, 3.63) is 59.3 Å². The van der Waals surface area contributed by atoms with Crippen LogP contribution in [0.2, 0.25) is 0 Å². The number of unbranched alkanes of at least 4 members (excludes halogenated alkanes) is 16. The maximum absolute atomic E-state index is 14.2. The second kappa shape index (κ2) is 23.4. The third kappa shape index (κ3) is 13.8. The van der Waals surface area contributed by atoms with E-state index in [-0.39, 0.29) is 24.6 Å². The van der Waals surface area contributed by atoms with Gasteiger partial charge in [0.05, 0.1) is 37.2 Å². The highest BCUT2D eigenvalue weighted by molar-refractivity contribution is 7.47. The molecule has 0 spiro atoms. The summed E-state index contributed by atoms with van der Waals surface area (Å²) in [6, 6.07) is 9.33. The highest BCUT2D eigenvalue weighted by Crippen LogP contribution is 2.46. The predicted octanol–water partition coefficient (Wildman–Crippen LogP) is 8.42. The van der Waals surface area contributed by atoms with Gasteiger partial charge in [-0.2, -0.15) is 10.4 Å². The number of rotatable bonds is 28. The molecule has 13 nitrogen and oxygen atoms in total. The van der Waals surface area contributed by atoms with E-state index in [9.17, 15) is 24.1 Å². The van der Waals surface area contributed by atoms with E-state index in [1.165, 1.54) is 106 Å². The summed E-state index contributed by atoms with van der Waals surface area (Å²) in [5.41, 5.74) is 5.81. The van der Waals surface area contributed by atoms with Crippen molar-refractivity contribution in [3.63, 3.8) is 0 Å². The number of nitrogens with two attached hydrogens (primary N) is 1. The molecule has 15 heteroatoms. The van der Waals surface area contributed by atoms with E-state index in [1.54, 1.807) is 31.2 Å². The summed E-state index contributed by atoms with van der Waals surface area (Å²) in [7, 11) is -4.68. The maximum Gasteiger partial charge on any atom is 0.472 e. The number of nitrogen functional groups attached to an aromatic ring is 1. The molecule has 3 heterocycles. The van der Waals surface area contributed by atoms with Gasteiger partial charge in [-0.3, -0.25) is 9.05 Å². The minimum absolute atomic E-state index is 0.00969. The Morgan fingerprint density at radius 2 is 1.57 bits per heavy atom. The smallest absolute Gasteiger partial charge is 0.387 e. The van der Waals surface area contributed by atoms with Crippen LogP contribution >= 0.6 is 7.82 Å². The van der Waals surface area contributed by atoms with Crippen molar-refractivity contribution in [3.8, 4) is 6.07 Å². The Hall–Kier alpha value is -2.99. The van der Waals surface area contributed by atoms with Crippen LogP contribution in [0.1, 0.15) is 146 Å². The van der Waals surface area contributed by atoms with Crippen molar-refractivity contribution in [1.82, 2.24) is 14.6 Å². The first-order valence-corrected chi connectivity index (χ1v) is 22.0. The number of nitrogens with zero attached hydrogens (tertiary/aromatic N) is 4. The van der Waals surface area contributed by atoms with Crippen LogP contribution in [-0.4, -0.2) is 67.3 Å². The molecule has 1 saturated heterocycles. The zero-order valence-corrected chi connectivity index (χ0v) is 34.1. The van der Waals surface area contributed by atoms with Crippen LogP contribution in [0.3, 0.4) is 0 Å². The zero-order valence-electron chi connectivity index (χ0n) is 33.2. The molecule has 56 heavy (non-hydrogen) atoms. The fraction of sp³-hybridized carbons (Fsp3) is 0.683. The second-order valence-corrected chi connectivity index (χ2v) is 16.7. The van der Waals surface area contributed by atoms with Gasteiger partial charge in [0.15, 0.2) is 5.82 Å². The van der Waals surface area contributed by atoms with Gasteiger partial charge in [-0.1, -0.05) is 122 Å². The van der Waals surface area contributed by atoms with Crippen LogP contribution in [0, 0.1) is 17.1 Å². The highest BCUT2D eigenvalue weighted by atomic mass is 31.2. The third-order valence-electron chi connectivity index (χ3n) is 10.8. The average molecular weight is 804 g/mol. The fourth-order valence-electron chi connectivity index (χ4n) is 7.30. The Bertz CT molecular complexity index is 1710. The second-order valence-electron chi connectivity index (χ2n) is 15.2. The number of fused-ring (bicyclic) bond motifs is 1. The molecule has 4 rings (SSSR count). The fourth-order valence-corrected chi connectivity index (χ4v) is 8.07. The maximum atomic E-state index is 14.2. The van der Waals surface area contributed by atoms with Crippen molar-refractivity contribution in [2.24, 2.45) is 0 Å². The van der Waals surface area contributed by atoms with Gasteiger partial charge in [-0.25, -0.2) is 18.5 Å². The number of ether oxygens (including phenoxy) is 2. The van der Waals surface area contributed by atoms with E-state index in [0.717, 1.165) is 25.7 Å². The molecule has 2 aromatic heterocycles. The van der Waals surface area contributed by atoms with Crippen LogP contribution in [0.25, 0.3) is 5.52 Å². The standard InChI is InChI=1S/C41H63FN5O8P/c1-3-4-5-6-7-8-9-10-11-12-13-14-15-16-17-18-19-20-33(52-27-31-21-22-32(26-43)34(42)25-31)28-53-56(50,51)54-29-36-38(48)39(49)41(2,55-36)37-24-23-35-40(44)45-30-46-47(35)37/h21-25,30,33,36,38-39,48-49H,3-20,27-29H2,1-2H3,(H,50,51)(H2,44,45,46)/t33-,36-,38-,39-,41+/m1/s1. The molecule has 0 aliphatic carbocycles. The van der Waals surface area contributed by atoms with Crippen molar-refractivity contribution in [2.45, 2.75) is 166 Å². The summed E-state index contributed by atoms with van der Waals surface area (Å²) in [4.78, 5) is 14.6. The molecule has 1 aromatic carbocycles. The average Bonchev–Trinajstić information content (AvgIpc) is 3.72. The lowest BCUT2D eigenvalue weighted by Gasteiger charge is -2.27. The topological polar surface area (TPSA) is 195 Å². The van der Waals surface area contributed by atoms with Gasteiger partial charge in [0, 0.05) is 0 Å². The molecule has 1 aliphatic rings. The number of halogens is 1. The summed E-state index contributed by atoms with van der Waals surface area (Å²) in [6.45, 7) is 2.99. The van der Waals surface area contributed by atoms with Crippen LogP contribution in [0.5, 0.6) is 0 Å². The lowest BCUT2D eigenvalue weighted by molar-refractivity contribution is -0.0894. The summed E-state index contributed by atoms with van der Waals surface area (Å²) in [5, 5.41) is 35.1. The van der Waals surface area contributed by atoms with Gasteiger partial charge >= 0.3 is 7.82 Å². The van der Waals surface area contributed by atoms with E-state index < -0.39 is 50.3 Å². The number of aliphatic hydroxyl groups is 2. The lowest BCUT2D eigenvalue weighted by Crippen LogP contribution is -2.39. The van der Waals surface area contributed by atoms with E-state index in [0.29, 0.717) is 23.2 Å². The van der Waals surface area contributed by atoms with Gasteiger partial charge in [0.25, 0.3) is 0 Å². The number of aromatic nitrogens is 3. The highest BCUT2D eigenvalue weighted by Gasteiger charge is 2.54. The Kier molecular flexibility index (Phi) is 19.1. The SMILES string of the molecule is CCCCCCCCCCCCCCCCCCC[C@H](COP(=O)(O)OC[C@H]1O[C@@](C)(c2ccc3c(N)ncnn23)[C@H](O)[C@@H]1O)OCc1ccc(C#N)c(F)c1. The minimum atomic E-state index is -4.68. The summed E-state index contributed by atoms with van der Waals surface area (Å²) in [6.07, 6.45) is 18.3. The van der Waals surface area contributed by atoms with Crippen molar-refractivity contribution < 1.29 is 42.6 Å². The predicted molar refractivity (Wildman–Crippen MR) is 212 cm³/mol. The molecular formula is C41H63FN5O8P.